The summed E-state index contributed by atoms with van der Waals surface area (Å²) in [6, 6.07) is 11.7. The van der Waals surface area contributed by atoms with Gasteiger partial charge in [0.25, 0.3) is 0 Å². The summed E-state index contributed by atoms with van der Waals surface area (Å²) < 4.78 is 0. The molecule has 0 radical (unpaired) electrons. The minimum Gasteiger partial charge on any atom is -0.507 e. The monoisotopic (exact) mass is 300 g/mol. The molecule has 0 atom stereocenters. The van der Waals surface area contributed by atoms with Crippen LogP contribution in [0.2, 0.25) is 0 Å². The lowest BCUT2D eigenvalue weighted by Gasteiger charge is -2.10. The number of benzene rings is 2. The second kappa shape index (κ2) is 6.76. The normalized spacial score (nSPS) is 10.4. The Bertz CT molecular complexity index is 706. The van der Waals surface area contributed by atoms with Gasteiger partial charge in [-0.2, -0.15) is 0 Å². The maximum absolute atomic E-state index is 11.2. The molecular weight excluding hydrogens is 284 g/mol. The van der Waals surface area contributed by atoms with E-state index < -0.39 is 11.9 Å². The largest absolute Gasteiger partial charge is 0.507 e. The van der Waals surface area contributed by atoms with Crippen LogP contribution in [-0.2, 0) is 24.1 Å². The Hall–Kier alpha value is -2.82. The van der Waals surface area contributed by atoms with Crippen molar-refractivity contribution in [3.63, 3.8) is 0 Å². The SMILES string of the molecule is O=C(O)Cc1cccc(CCc2ccccc2C(=O)O)c1O. The van der Waals surface area contributed by atoms with Gasteiger partial charge in [-0.3, -0.25) is 4.79 Å². The van der Waals surface area contributed by atoms with E-state index in [4.69, 9.17) is 10.2 Å². The summed E-state index contributed by atoms with van der Waals surface area (Å²) in [7, 11) is 0. The highest BCUT2D eigenvalue weighted by molar-refractivity contribution is 5.89. The van der Waals surface area contributed by atoms with Crippen molar-refractivity contribution < 1.29 is 24.9 Å². The summed E-state index contributed by atoms with van der Waals surface area (Å²) in [6.45, 7) is 0. The summed E-state index contributed by atoms with van der Waals surface area (Å²) in [6.07, 6.45) is 0.640. The molecule has 0 heterocycles. The van der Waals surface area contributed by atoms with Crippen LogP contribution in [0.4, 0.5) is 0 Å². The van der Waals surface area contributed by atoms with E-state index in [0.29, 0.717) is 29.5 Å². The molecule has 0 saturated carbocycles. The van der Waals surface area contributed by atoms with Crippen molar-refractivity contribution >= 4 is 11.9 Å². The third-order valence-corrected chi connectivity index (χ3v) is 3.46. The summed E-state index contributed by atoms with van der Waals surface area (Å²) >= 11 is 0. The number of hydrogen-bond acceptors (Lipinski definition) is 3. The average molecular weight is 300 g/mol. The zero-order chi connectivity index (χ0) is 16.1. The topological polar surface area (TPSA) is 94.8 Å². The number of rotatable bonds is 6. The number of carboxylic acid groups (broad SMARTS) is 2. The van der Waals surface area contributed by atoms with Crippen LogP contribution in [0.3, 0.4) is 0 Å². The molecule has 3 N–H and O–H groups in total. The maximum Gasteiger partial charge on any atom is 0.335 e. The van der Waals surface area contributed by atoms with Crippen molar-refractivity contribution in [2.24, 2.45) is 0 Å². The first-order chi connectivity index (χ1) is 10.5. The van der Waals surface area contributed by atoms with Gasteiger partial charge >= 0.3 is 11.9 Å². The first-order valence-corrected chi connectivity index (χ1v) is 6.81. The van der Waals surface area contributed by atoms with Crippen molar-refractivity contribution in [1.82, 2.24) is 0 Å². The summed E-state index contributed by atoms with van der Waals surface area (Å²) in [5, 5.41) is 28.1. The highest BCUT2D eigenvalue weighted by Crippen LogP contribution is 2.25. The van der Waals surface area contributed by atoms with Crippen LogP contribution in [0.25, 0.3) is 0 Å². The first-order valence-electron chi connectivity index (χ1n) is 6.81. The molecule has 0 aliphatic carbocycles. The first kappa shape index (κ1) is 15.6. The summed E-state index contributed by atoms with van der Waals surface area (Å²) in [5.41, 5.74) is 1.89. The summed E-state index contributed by atoms with van der Waals surface area (Å²) in [4.78, 5) is 21.9. The molecule has 5 nitrogen and oxygen atoms in total. The van der Waals surface area contributed by atoms with Crippen molar-refractivity contribution in [3.05, 3.63) is 64.7 Å². The maximum atomic E-state index is 11.2. The van der Waals surface area contributed by atoms with E-state index in [0.717, 1.165) is 0 Å². The van der Waals surface area contributed by atoms with Crippen LogP contribution >= 0.6 is 0 Å². The van der Waals surface area contributed by atoms with Gasteiger partial charge in [-0.05, 0) is 30.0 Å². The molecule has 0 amide bonds. The number of aromatic hydroxyl groups is 1. The van der Waals surface area contributed by atoms with Gasteiger partial charge < -0.3 is 15.3 Å². The molecule has 0 aromatic heterocycles. The third-order valence-electron chi connectivity index (χ3n) is 3.46. The fraction of sp³-hybridized carbons (Fsp3) is 0.176. The number of aromatic carboxylic acids is 1. The number of carbonyl (C=O) groups is 2. The molecule has 2 aromatic carbocycles. The van der Waals surface area contributed by atoms with Gasteiger partial charge in [0.2, 0.25) is 0 Å². The second-order valence-corrected chi connectivity index (χ2v) is 4.96. The van der Waals surface area contributed by atoms with Gasteiger partial charge in [-0.25, -0.2) is 4.79 Å². The van der Waals surface area contributed by atoms with Crippen LogP contribution in [0.1, 0.15) is 27.0 Å². The molecule has 2 aromatic rings. The number of phenols is 1. The van der Waals surface area contributed by atoms with E-state index in [9.17, 15) is 14.7 Å². The van der Waals surface area contributed by atoms with Gasteiger partial charge in [-0.15, -0.1) is 0 Å². The van der Waals surface area contributed by atoms with Crippen LogP contribution in [-0.4, -0.2) is 27.3 Å². The molecule has 0 saturated heterocycles. The number of para-hydroxylation sites is 1. The number of carboxylic acids is 2. The fourth-order valence-corrected chi connectivity index (χ4v) is 2.37. The van der Waals surface area contributed by atoms with Crippen molar-refractivity contribution in [2.75, 3.05) is 0 Å². The minimum atomic E-state index is -1.01. The van der Waals surface area contributed by atoms with E-state index in [1.165, 1.54) is 0 Å². The molecule has 0 unspecified atom stereocenters. The predicted molar refractivity (Wildman–Crippen MR) is 80.3 cm³/mol. The molecule has 0 aliphatic heterocycles. The van der Waals surface area contributed by atoms with Gasteiger partial charge in [0, 0.05) is 5.56 Å². The standard InChI is InChI=1S/C17H16O5/c18-15(19)10-13-6-3-5-12(16(13)20)9-8-11-4-1-2-7-14(11)17(21)22/h1-7,20H,8-10H2,(H,18,19)(H,21,22). The smallest absolute Gasteiger partial charge is 0.335 e. The van der Waals surface area contributed by atoms with Crippen LogP contribution < -0.4 is 0 Å². The highest BCUT2D eigenvalue weighted by Gasteiger charge is 2.12. The Morgan fingerprint density at radius 3 is 2.09 bits per heavy atom. The predicted octanol–water partition coefficient (Wildman–Crippen LogP) is 2.50. The minimum absolute atomic E-state index is 0.0299. The van der Waals surface area contributed by atoms with Crippen molar-refractivity contribution in [1.29, 1.82) is 0 Å². The fourth-order valence-electron chi connectivity index (χ4n) is 2.37. The molecule has 0 spiro atoms. The Balaban J connectivity index is 2.19. The third kappa shape index (κ3) is 3.63. The lowest BCUT2D eigenvalue weighted by molar-refractivity contribution is -0.136. The molecule has 0 bridgehead atoms. The highest BCUT2D eigenvalue weighted by atomic mass is 16.4. The van der Waals surface area contributed by atoms with Crippen molar-refractivity contribution in [3.8, 4) is 5.75 Å². The Kier molecular flexibility index (Phi) is 4.78. The zero-order valence-electron chi connectivity index (χ0n) is 11.8. The van der Waals surface area contributed by atoms with E-state index in [2.05, 4.69) is 0 Å². The average Bonchev–Trinajstić information content (AvgIpc) is 2.48. The number of aliphatic carboxylic acids is 1. The lowest BCUT2D eigenvalue weighted by Crippen LogP contribution is -2.04. The van der Waals surface area contributed by atoms with Gasteiger partial charge in [0.15, 0.2) is 0 Å². The van der Waals surface area contributed by atoms with Crippen LogP contribution in [0.5, 0.6) is 5.75 Å². The molecule has 22 heavy (non-hydrogen) atoms. The molecule has 0 aliphatic rings. The van der Waals surface area contributed by atoms with E-state index >= 15 is 0 Å². The second-order valence-electron chi connectivity index (χ2n) is 4.96. The number of phenolic OH excluding ortho intramolecular Hbond substituents is 1. The molecule has 2 rings (SSSR count). The van der Waals surface area contributed by atoms with Crippen LogP contribution in [0, 0.1) is 0 Å². The van der Waals surface area contributed by atoms with E-state index in [1.54, 1.807) is 42.5 Å². The van der Waals surface area contributed by atoms with Gasteiger partial charge in [-0.1, -0.05) is 36.4 Å². The number of hydrogen-bond donors (Lipinski definition) is 3. The van der Waals surface area contributed by atoms with Gasteiger partial charge in [0.1, 0.15) is 5.75 Å². The molecule has 5 heteroatoms. The van der Waals surface area contributed by atoms with Gasteiger partial charge in [0.05, 0.1) is 12.0 Å². The summed E-state index contributed by atoms with van der Waals surface area (Å²) in [5.74, 6) is -2.03. The Morgan fingerprint density at radius 2 is 1.41 bits per heavy atom. The number of aryl methyl sites for hydroxylation is 2. The van der Waals surface area contributed by atoms with Crippen LogP contribution in [0.15, 0.2) is 42.5 Å². The van der Waals surface area contributed by atoms with E-state index in [1.807, 2.05) is 0 Å². The Labute approximate surface area is 127 Å². The molecule has 114 valence electrons. The zero-order valence-corrected chi connectivity index (χ0v) is 11.8. The van der Waals surface area contributed by atoms with E-state index in [-0.39, 0.29) is 17.7 Å². The molecular formula is C17H16O5. The molecule has 0 fully saturated rings. The quantitative estimate of drug-likeness (QED) is 0.762. The Morgan fingerprint density at radius 1 is 0.818 bits per heavy atom. The lowest BCUT2D eigenvalue weighted by atomic mass is 9.97. The van der Waals surface area contributed by atoms with Crippen molar-refractivity contribution in [2.45, 2.75) is 19.3 Å².